The van der Waals surface area contributed by atoms with Crippen molar-refractivity contribution in [3.8, 4) is 11.5 Å². The normalized spacial score (nSPS) is 10.6. The molecule has 4 heteroatoms. The van der Waals surface area contributed by atoms with Crippen molar-refractivity contribution in [3.05, 3.63) is 54.2 Å². The Hall–Kier alpha value is -2.62. The average Bonchev–Trinajstić information content (AvgIpc) is 3.00. The molecule has 2 N–H and O–H groups in total. The second kappa shape index (κ2) is 5.79. The first-order valence-corrected chi connectivity index (χ1v) is 6.82. The van der Waals surface area contributed by atoms with Crippen molar-refractivity contribution in [2.24, 2.45) is 0 Å². The Balaban J connectivity index is 1.80. The minimum atomic E-state index is 0.677. The molecule has 21 heavy (non-hydrogen) atoms. The molecule has 1 heterocycles. The Bertz CT molecular complexity index is 749. The van der Waals surface area contributed by atoms with Crippen LogP contribution in [-0.4, -0.2) is 19.2 Å². The molecule has 0 radical (unpaired) electrons. The largest absolute Gasteiger partial charge is 0.497 e. The van der Waals surface area contributed by atoms with E-state index in [1.165, 1.54) is 5.39 Å². The topological polar surface area (TPSA) is 46.3 Å². The first-order chi connectivity index (χ1) is 10.3. The van der Waals surface area contributed by atoms with E-state index in [9.17, 15) is 0 Å². The maximum Gasteiger partial charge on any atom is 0.124 e. The fourth-order valence-corrected chi connectivity index (χ4v) is 2.38. The molecule has 0 fully saturated rings. The molecule has 2 aromatic carbocycles. The number of rotatable bonds is 5. The molecule has 0 aliphatic carbocycles. The van der Waals surface area contributed by atoms with Gasteiger partial charge in [0.1, 0.15) is 11.5 Å². The number of fused-ring (bicyclic) bond motifs is 1. The summed E-state index contributed by atoms with van der Waals surface area (Å²) >= 11 is 0. The predicted molar refractivity (Wildman–Crippen MR) is 85.2 cm³/mol. The number of nitrogens with one attached hydrogen (secondary N) is 2. The number of aromatic nitrogens is 1. The number of benzene rings is 2. The minimum Gasteiger partial charge on any atom is -0.497 e. The lowest BCUT2D eigenvalue weighted by Crippen LogP contribution is -2.02. The predicted octanol–water partition coefficient (Wildman–Crippen LogP) is 3.80. The Kier molecular flexibility index (Phi) is 3.69. The van der Waals surface area contributed by atoms with E-state index in [2.05, 4.69) is 34.6 Å². The Morgan fingerprint density at radius 2 is 1.90 bits per heavy atom. The third-order valence-electron chi connectivity index (χ3n) is 3.52. The highest BCUT2D eigenvalue weighted by Gasteiger charge is 2.05. The maximum atomic E-state index is 5.39. The summed E-state index contributed by atoms with van der Waals surface area (Å²) < 4.78 is 10.7. The van der Waals surface area contributed by atoms with Crippen molar-refractivity contribution in [2.45, 2.75) is 6.54 Å². The number of methoxy groups -OCH3 is 2. The van der Waals surface area contributed by atoms with Crippen LogP contribution in [0.2, 0.25) is 0 Å². The maximum absolute atomic E-state index is 5.39. The molecule has 1 aromatic heterocycles. The second-order valence-electron chi connectivity index (χ2n) is 4.81. The molecule has 0 spiro atoms. The number of aromatic amines is 1. The monoisotopic (exact) mass is 282 g/mol. The smallest absolute Gasteiger partial charge is 0.124 e. The third-order valence-corrected chi connectivity index (χ3v) is 3.52. The van der Waals surface area contributed by atoms with Crippen LogP contribution in [0.15, 0.2) is 48.7 Å². The molecule has 0 saturated heterocycles. The highest BCUT2D eigenvalue weighted by Crippen LogP contribution is 2.25. The van der Waals surface area contributed by atoms with E-state index in [-0.39, 0.29) is 0 Å². The summed E-state index contributed by atoms with van der Waals surface area (Å²) in [7, 11) is 3.34. The molecule has 3 rings (SSSR count). The van der Waals surface area contributed by atoms with Gasteiger partial charge in [-0.15, -0.1) is 0 Å². The summed E-state index contributed by atoms with van der Waals surface area (Å²) in [6.45, 7) is 0.677. The zero-order valence-corrected chi connectivity index (χ0v) is 12.1. The van der Waals surface area contributed by atoms with Crippen molar-refractivity contribution < 1.29 is 9.47 Å². The number of anilines is 1. The van der Waals surface area contributed by atoms with Gasteiger partial charge in [0.2, 0.25) is 0 Å². The fraction of sp³-hybridized carbons (Fsp3) is 0.176. The van der Waals surface area contributed by atoms with Crippen LogP contribution in [-0.2, 0) is 6.54 Å². The van der Waals surface area contributed by atoms with Crippen LogP contribution in [0.5, 0.6) is 11.5 Å². The van der Waals surface area contributed by atoms with Gasteiger partial charge in [-0.1, -0.05) is 0 Å². The van der Waals surface area contributed by atoms with Gasteiger partial charge >= 0.3 is 0 Å². The number of H-pyrrole nitrogens is 1. The zero-order valence-electron chi connectivity index (χ0n) is 12.1. The van der Waals surface area contributed by atoms with E-state index >= 15 is 0 Å². The SMILES string of the molecule is COc1ccc(OC)c(CNc2ccc3[nH]ccc3c2)c1. The van der Waals surface area contributed by atoms with Gasteiger partial charge in [-0.2, -0.15) is 0 Å². The summed E-state index contributed by atoms with van der Waals surface area (Å²) in [6, 6.07) is 14.1. The van der Waals surface area contributed by atoms with E-state index in [1.807, 2.05) is 24.4 Å². The van der Waals surface area contributed by atoms with Gasteiger partial charge in [0, 0.05) is 34.9 Å². The molecule has 0 saturated carbocycles. The van der Waals surface area contributed by atoms with E-state index in [0.717, 1.165) is 28.3 Å². The molecular weight excluding hydrogens is 264 g/mol. The van der Waals surface area contributed by atoms with Gasteiger partial charge in [0.25, 0.3) is 0 Å². The second-order valence-corrected chi connectivity index (χ2v) is 4.81. The van der Waals surface area contributed by atoms with Gasteiger partial charge in [0.05, 0.1) is 14.2 Å². The Labute approximate surface area is 123 Å². The summed E-state index contributed by atoms with van der Waals surface area (Å²) in [5.74, 6) is 1.68. The van der Waals surface area contributed by atoms with Crippen molar-refractivity contribution in [2.75, 3.05) is 19.5 Å². The first kappa shape index (κ1) is 13.4. The van der Waals surface area contributed by atoms with E-state index in [1.54, 1.807) is 14.2 Å². The van der Waals surface area contributed by atoms with Crippen molar-refractivity contribution in [1.29, 1.82) is 0 Å². The molecule has 0 atom stereocenters. The van der Waals surface area contributed by atoms with Gasteiger partial charge in [-0.05, 0) is 42.5 Å². The molecule has 3 aromatic rings. The fourth-order valence-electron chi connectivity index (χ4n) is 2.38. The highest BCUT2D eigenvalue weighted by atomic mass is 16.5. The van der Waals surface area contributed by atoms with E-state index < -0.39 is 0 Å². The van der Waals surface area contributed by atoms with E-state index in [0.29, 0.717) is 6.54 Å². The number of hydrogen-bond donors (Lipinski definition) is 2. The quantitative estimate of drug-likeness (QED) is 0.748. The molecule has 108 valence electrons. The molecule has 4 nitrogen and oxygen atoms in total. The zero-order chi connectivity index (χ0) is 14.7. The molecule has 0 amide bonds. The van der Waals surface area contributed by atoms with Gasteiger partial charge < -0.3 is 19.8 Å². The number of hydrogen-bond acceptors (Lipinski definition) is 3. The van der Waals surface area contributed by atoms with Crippen LogP contribution < -0.4 is 14.8 Å². The van der Waals surface area contributed by atoms with Crippen LogP contribution in [0.25, 0.3) is 10.9 Å². The van der Waals surface area contributed by atoms with Gasteiger partial charge in [-0.3, -0.25) is 0 Å². The third kappa shape index (κ3) is 2.79. The Morgan fingerprint density at radius 3 is 2.71 bits per heavy atom. The lowest BCUT2D eigenvalue weighted by molar-refractivity contribution is 0.399. The highest BCUT2D eigenvalue weighted by molar-refractivity contribution is 5.82. The van der Waals surface area contributed by atoms with Crippen molar-refractivity contribution in [3.63, 3.8) is 0 Å². The van der Waals surface area contributed by atoms with Crippen LogP contribution in [0.4, 0.5) is 5.69 Å². The molecule has 0 aliphatic heterocycles. The minimum absolute atomic E-state index is 0.677. The van der Waals surface area contributed by atoms with Crippen molar-refractivity contribution in [1.82, 2.24) is 4.98 Å². The van der Waals surface area contributed by atoms with Crippen LogP contribution in [0, 0.1) is 0 Å². The average molecular weight is 282 g/mol. The Morgan fingerprint density at radius 1 is 1.00 bits per heavy atom. The number of ether oxygens (including phenoxy) is 2. The van der Waals surface area contributed by atoms with Gasteiger partial charge in [0.15, 0.2) is 0 Å². The van der Waals surface area contributed by atoms with Crippen LogP contribution in [0.3, 0.4) is 0 Å². The summed E-state index contributed by atoms with van der Waals surface area (Å²) in [5.41, 5.74) is 3.28. The lowest BCUT2D eigenvalue weighted by Gasteiger charge is -2.12. The lowest BCUT2D eigenvalue weighted by atomic mass is 10.1. The summed E-state index contributed by atoms with van der Waals surface area (Å²) in [5, 5.41) is 4.61. The van der Waals surface area contributed by atoms with Crippen LogP contribution in [0.1, 0.15) is 5.56 Å². The molecule has 0 aliphatic rings. The van der Waals surface area contributed by atoms with Gasteiger partial charge in [-0.25, -0.2) is 0 Å². The molecular formula is C17H18N2O2. The molecule has 0 bridgehead atoms. The first-order valence-electron chi connectivity index (χ1n) is 6.82. The molecule has 0 unspecified atom stereocenters. The van der Waals surface area contributed by atoms with Crippen molar-refractivity contribution >= 4 is 16.6 Å². The van der Waals surface area contributed by atoms with Crippen LogP contribution >= 0.6 is 0 Å². The van der Waals surface area contributed by atoms with E-state index in [4.69, 9.17) is 9.47 Å². The standard InChI is InChI=1S/C17H18N2O2/c1-20-15-4-6-17(21-2)13(10-15)11-19-14-3-5-16-12(9-14)7-8-18-16/h3-10,18-19H,11H2,1-2H3. The summed E-state index contributed by atoms with van der Waals surface area (Å²) in [6.07, 6.45) is 1.94. The summed E-state index contributed by atoms with van der Waals surface area (Å²) in [4.78, 5) is 3.19.